The molecule has 0 atom stereocenters. The molecule has 0 unspecified atom stereocenters. The van der Waals surface area contributed by atoms with E-state index in [4.69, 9.17) is 16.0 Å². The molecule has 1 aromatic heterocycles. The molecule has 16 heavy (non-hydrogen) atoms. The number of benzene rings is 1. The molecule has 2 aromatic rings. The Kier molecular flexibility index (Phi) is 3.30. The normalized spacial score (nSPS) is 10.7. The lowest BCUT2D eigenvalue weighted by Gasteiger charge is -2.02. The summed E-state index contributed by atoms with van der Waals surface area (Å²) < 4.78 is 5.64. The number of aryl methyl sites for hydroxylation is 3. The monoisotopic (exact) mass is 235 g/mol. The lowest BCUT2D eigenvalue weighted by Crippen LogP contribution is -1.84. The summed E-state index contributed by atoms with van der Waals surface area (Å²) in [5.41, 5.74) is 3.55. The van der Waals surface area contributed by atoms with Crippen LogP contribution in [-0.4, -0.2) is 10.9 Å². The maximum atomic E-state index is 5.64. The van der Waals surface area contributed by atoms with Crippen LogP contribution in [0.5, 0.6) is 0 Å². The van der Waals surface area contributed by atoms with E-state index in [2.05, 4.69) is 37.0 Å². The molecule has 0 saturated carbocycles. The second kappa shape index (κ2) is 4.71. The van der Waals surface area contributed by atoms with Crippen LogP contribution >= 0.6 is 11.6 Å². The van der Waals surface area contributed by atoms with Crippen LogP contribution in [-0.2, 0) is 6.42 Å². The molecule has 0 fully saturated rings. The molecule has 3 heteroatoms. The molecule has 0 saturated heterocycles. The molecule has 0 amide bonds. The average molecular weight is 236 g/mol. The zero-order chi connectivity index (χ0) is 11.5. The fourth-order valence-electron chi connectivity index (χ4n) is 1.72. The van der Waals surface area contributed by atoms with Gasteiger partial charge in [0, 0.05) is 17.9 Å². The van der Waals surface area contributed by atoms with Gasteiger partial charge in [-0.05, 0) is 19.4 Å². The van der Waals surface area contributed by atoms with Gasteiger partial charge >= 0.3 is 0 Å². The molecule has 0 N–H and O–H groups in total. The molecule has 2 nitrogen and oxygen atoms in total. The van der Waals surface area contributed by atoms with Crippen molar-refractivity contribution in [3.05, 3.63) is 41.4 Å². The first-order valence-corrected chi connectivity index (χ1v) is 5.82. The first-order chi connectivity index (χ1) is 7.70. The lowest BCUT2D eigenvalue weighted by atomic mass is 10.0. The minimum absolute atomic E-state index is 0.535. The van der Waals surface area contributed by atoms with E-state index in [0.29, 0.717) is 18.2 Å². The number of nitrogens with zero attached hydrogens (tertiary/aromatic N) is 1. The van der Waals surface area contributed by atoms with E-state index in [-0.39, 0.29) is 0 Å². The second-order valence-electron chi connectivity index (χ2n) is 3.88. The van der Waals surface area contributed by atoms with Crippen molar-refractivity contribution in [2.45, 2.75) is 20.3 Å². The van der Waals surface area contributed by atoms with Crippen LogP contribution in [0, 0.1) is 13.8 Å². The number of rotatable bonds is 3. The number of halogens is 1. The van der Waals surface area contributed by atoms with Crippen molar-refractivity contribution >= 4 is 11.6 Å². The van der Waals surface area contributed by atoms with E-state index in [9.17, 15) is 0 Å². The summed E-state index contributed by atoms with van der Waals surface area (Å²) in [4.78, 5) is 4.19. The minimum Gasteiger partial charge on any atom is -0.441 e. The van der Waals surface area contributed by atoms with Gasteiger partial charge in [0.2, 0.25) is 0 Å². The molecule has 2 rings (SSSR count). The zero-order valence-electron chi connectivity index (χ0n) is 9.46. The van der Waals surface area contributed by atoms with Crippen LogP contribution in [0.2, 0.25) is 0 Å². The van der Waals surface area contributed by atoms with E-state index in [1.807, 2.05) is 0 Å². The van der Waals surface area contributed by atoms with Crippen molar-refractivity contribution in [2.75, 3.05) is 5.88 Å². The molecule has 0 bridgehead atoms. The maximum absolute atomic E-state index is 5.64. The van der Waals surface area contributed by atoms with Gasteiger partial charge in [-0.3, -0.25) is 0 Å². The Balaban J connectivity index is 2.35. The maximum Gasteiger partial charge on any atom is 0.196 e. The van der Waals surface area contributed by atoms with Gasteiger partial charge in [-0.15, -0.1) is 11.6 Å². The first kappa shape index (κ1) is 11.2. The van der Waals surface area contributed by atoms with Gasteiger partial charge in [0.05, 0.1) is 6.20 Å². The third kappa shape index (κ3) is 2.27. The summed E-state index contributed by atoms with van der Waals surface area (Å²) in [6.07, 6.45) is 2.44. The third-order valence-electron chi connectivity index (χ3n) is 2.51. The van der Waals surface area contributed by atoms with Crippen molar-refractivity contribution < 1.29 is 4.42 Å². The molecular weight excluding hydrogens is 222 g/mol. The van der Waals surface area contributed by atoms with Crippen molar-refractivity contribution in [3.8, 4) is 11.3 Å². The summed E-state index contributed by atoms with van der Waals surface area (Å²) >= 11 is 5.64. The Hall–Kier alpha value is -1.28. The quantitative estimate of drug-likeness (QED) is 0.758. The number of aromatic nitrogens is 1. The van der Waals surface area contributed by atoms with E-state index < -0.39 is 0 Å². The van der Waals surface area contributed by atoms with Gasteiger partial charge in [0.1, 0.15) is 0 Å². The largest absolute Gasteiger partial charge is 0.441 e. The zero-order valence-corrected chi connectivity index (χ0v) is 10.2. The summed E-state index contributed by atoms with van der Waals surface area (Å²) in [7, 11) is 0. The Bertz CT molecular complexity index is 490. The Morgan fingerprint density at radius 1 is 1.31 bits per heavy atom. The molecule has 1 aromatic carbocycles. The molecule has 0 aliphatic rings. The predicted octanol–water partition coefficient (Wildman–Crippen LogP) is 3.74. The fourth-order valence-corrected chi connectivity index (χ4v) is 1.88. The third-order valence-corrected chi connectivity index (χ3v) is 2.70. The van der Waals surface area contributed by atoms with E-state index >= 15 is 0 Å². The van der Waals surface area contributed by atoms with Crippen LogP contribution in [0.1, 0.15) is 17.0 Å². The standard InChI is InChI=1S/C13H14ClNO/c1-9-3-4-11(10(2)7-9)12-8-15-13(16-12)5-6-14/h3-4,7-8H,5-6H2,1-2H3. The van der Waals surface area contributed by atoms with E-state index in [1.54, 1.807) is 6.20 Å². The number of alkyl halides is 1. The average Bonchev–Trinajstić information content (AvgIpc) is 2.67. The Morgan fingerprint density at radius 3 is 2.81 bits per heavy atom. The van der Waals surface area contributed by atoms with Crippen LogP contribution < -0.4 is 0 Å². The number of oxazole rings is 1. The molecule has 0 aliphatic carbocycles. The van der Waals surface area contributed by atoms with Gasteiger partial charge in [0.25, 0.3) is 0 Å². The fraction of sp³-hybridized carbons (Fsp3) is 0.308. The molecular formula is C13H14ClNO. The molecule has 84 valence electrons. The summed E-state index contributed by atoms with van der Waals surface area (Å²) in [5.74, 6) is 2.05. The van der Waals surface area contributed by atoms with Gasteiger partial charge in [-0.2, -0.15) is 0 Å². The highest BCUT2D eigenvalue weighted by Crippen LogP contribution is 2.25. The molecule has 0 radical (unpaired) electrons. The highest BCUT2D eigenvalue weighted by molar-refractivity contribution is 6.17. The molecule has 1 heterocycles. The predicted molar refractivity (Wildman–Crippen MR) is 65.8 cm³/mol. The van der Waals surface area contributed by atoms with Crippen LogP contribution in [0.4, 0.5) is 0 Å². The van der Waals surface area contributed by atoms with E-state index in [0.717, 1.165) is 11.3 Å². The highest BCUT2D eigenvalue weighted by atomic mass is 35.5. The second-order valence-corrected chi connectivity index (χ2v) is 4.25. The van der Waals surface area contributed by atoms with Gasteiger partial charge in [-0.25, -0.2) is 4.98 Å². The van der Waals surface area contributed by atoms with Gasteiger partial charge < -0.3 is 4.42 Å². The number of hydrogen-bond acceptors (Lipinski definition) is 2. The topological polar surface area (TPSA) is 26.0 Å². The smallest absolute Gasteiger partial charge is 0.196 e. The van der Waals surface area contributed by atoms with Crippen LogP contribution in [0.15, 0.2) is 28.8 Å². The van der Waals surface area contributed by atoms with Crippen molar-refractivity contribution in [3.63, 3.8) is 0 Å². The van der Waals surface area contributed by atoms with Crippen molar-refractivity contribution in [1.82, 2.24) is 4.98 Å². The molecule has 0 spiro atoms. The van der Waals surface area contributed by atoms with Gasteiger partial charge in [-0.1, -0.05) is 23.8 Å². The Labute approximate surface area is 100 Å². The van der Waals surface area contributed by atoms with E-state index in [1.165, 1.54) is 11.1 Å². The Morgan fingerprint density at radius 2 is 2.12 bits per heavy atom. The SMILES string of the molecule is Cc1ccc(-c2cnc(CCCl)o2)c(C)c1. The van der Waals surface area contributed by atoms with Crippen LogP contribution in [0.3, 0.4) is 0 Å². The lowest BCUT2D eigenvalue weighted by molar-refractivity contribution is 0.514. The highest BCUT2D eigenvalue weighted by Gasteiger charge is 2.08. The number of hydrogen-bond donors (Lipinski definition) is 0. The minimum atomic E-state index is 0.535. The van der Waals surface area contributed by atoms with Crippen molar-refractivity contribution in [1.29, 1.82) is 0 Å². The van der Waals surface area contributed by atoms with Crippen LogP contribution in [0.25, 0.3) is 11.3 Å². The summed E-state index contributed by atoms with van der Waals surface area (Å²) in [6, 6.07) is 6.28. The van der Waals surface area contributed by atoms with Crippen molar-refractivity contribution in [2.24, 2.45) is 0 Å². The summed E-state index contributed by atoms with van der Waals surface area (Å²) in [6.45, 7) is 4.15. The van der Waals surface area contributed by atoms with Gasteiger partial charge in [0.15, 0.2) is 11.7 Å². The molecule has 0 aliphatic heterocycles. The summed E-state index contributed by atoms with van der Waals surface area (Å²) in [5, 5.41) is 0. The first-order valence-electron chi connectivity index (χ1n) is 5.29.